The van der Waals surface area contributed by atoms with Crippen LogP contribution in [-0.4, -0.2) is 29.3 Å². The summed E-state index contributed by atoms with van der Waals surface area (Å²) >= 11 is 0. The molecule has 0 saturated carbocycles. The highest BCUT2D eigenvalue weighted by Crippen LogP contribution is 2.39. The molecule has 1 aromatic carbocycles. The van der Waals surface area contributed by atoms with Gasteiger partial charge in [0.15, 0.2) is 0 Å². The van der Waals surface area contributed by atoms with Crippen molar-refractivity contribution in [3.05, 3.63) is 29.8 Å². The lowest BCUT2D eigenvalue weighted by Crippen LogP contribution is -2.31. The molecule has 1 aromatic rings. The first-order valence-electron chi connectivity index (χ1n) is 6.38. The van der Waals surface area contributed by atoms with E-state index in [9.17, 15) is 14.7 Å². The molecule has 0 aromatic heterocycles. The van der Waals surface area contributed by atoms with Gasteiger partial charge in [0.2, 0.25) is 0 Å². The normalized spacial score (nSPS) is 12.8. The maximum atomic E-state index is 11.4. The average Bonchev–Trinajstić information content (AvgIpc) is 2.38. The second-order valence-corrected chi connectivity index (χ2v) is 5.28. The summed E-state index contributed by atoms with van der Waals surface area (Å²) in [4.78, 5) is 22.2. The van der Waals surface area contributed by atoms with Crippen LogP contribution in [0.3, 0.4) is 0 Å². The second kappa shape index (κ2) is 6.41. The van der Waals surface area contributed by atoms with E-state index in [0.29, 0.717) is 5.75 Å². The Balaban J connectivity index is 3.08. The van der Waals surface area contributed by atoms with Gasteiger partial charge in [0.05, 0.1) is 12.5 Å². The molecule has 0 heterocycles. The molecule has 0 saturated heterocycles. The van der Waals surface area contributed by atoms with Gasteiger partial charge in [0.1, 0.15) is 5.75 Å². The van der Waals surface area contributed by atoms with E-state index in [1.807, 2.05) is 0 Å². The third-order valence-corrected chi connectivity index (χ3v) is 3.59. The van der Waals surface area contributed by atoms with Crippen molar-refractivity contribution < 1.29 is 24.5 Å². The van der Waals surface area contributed by atoms with Gasteiger partial charge in [-0.25, -0.2) is 0 Å². The molecule has 5 nitrogen and oxygen atoms in total. The summed E-state index contributed by atoms with van der Waals surface area (Å²) in [7, 11) is 1.55. The van der Waals surface area contributed by atoms with Crippen LogP contribution in [0.15, 0.2) is 24.3 Å². The van der Waals surface area contributed by atoms with E-state index in [4.69, 9.17) is 9.84 Å². The Morgan fingerprint density at radius 3 is 2.15 bits per heavy atom. The number of methoxy groups -OCH3 is 1. The largest absolute Gasteiger partial charge is 0.497 e. The van der Waals surface area contributed by atoms with Crippen molar-refractivity contribution in [2.75, 3.05) is 7.11 Å². The highest BCUT2D eigenvalue weighted by Gasteiger charge is 2.37. The molecule has 5 heteroatoms. The van der Waals surface area contributed by atoms with Gasteiger partial charge >= 0.3 is 11.9 Å². The Morgan fingerprint density at radius 2 is 1.75 bits per heavy atom. The SMILES string of the molecule is COc1ccc([C@@H](CCC(=O)O)C(C)(C)C(=O)O)cc1. The van der Waals surface area contributed by atoms with E-state index in [-0.39, 0.29) is 18.8 Å². The van der Waals surface area contributed by atoms with E-state index in [0.717, 1.165) is 5.56 Å². The van der Waals surface area contributed by atoms with Gasteiger partial charge in [0.25, 0.3) is 0 Å². The fraction of sp³-hybridized carbons (Fsp3) is 0.467. The second-order valence-electron chi connectivity index (χ2n) is 5.28. The van der Waals surface area contributed by atoms with Crippen LogP contribution in [0.5, 0.6) is 5.75 Å². The molecule has 0 aliphatic carbocycles. The summed E-state index contributed by atoms with van der Waals surface area (Å²) in [5, 5.41) is 18.2. The molecular formula is C15H20O5. The van der Waals surface area contributed by atoms with E-state index in [1.54, 1.807) is 45.2 Å². The van der Waals surface area contributed by atoms with Gasteiger partial charge in [0, 0.05) is 12.3 Å². The summed E-state index contributed by atoms with van der Waals surface area (Å²) in [6.45, 7) is 3.23. The van der Waals surface area contributed by atoms with Gasteiger partial charge in [-0.3, -0.25) is 9.59 Å². The van der Waals surface area contributed by atoms with Crippen LogP contribution in [0.2, 0.25) is 0 Å². The lowest BCUT2D eigenvalue weighted by atomic mass is 9.72. The molecule has 1 atom stereocenters. The molecule has 0 spiro atoms. The molecule has 0 radical (unpaired) electrons. The number of hydrogen-bond acceptors (Lipinski definition) is 3. The summed E-state index contributed by atoms with van der Waals surface area (Å²) in [6.07, 6.45) is 0.217. The molecule has 1 rings (SSSR count). The van der Waals surface area contributed by atoms with E-state index >= 15 is 0 Å². The monoisotopic (exact) mass is 280 g/mol. The average molecular weight is 280 g/mol. The van der Waals surface area contributed by atoms with Gasteiger partial charge in [-0.15, -0.1) is 0 Å². The van der Waals surface area contributed by atoms with E-state index < -0.39 is 17.4 Å². The molecule has 0 aliphatic rings. The highest BCUT2D eigenvalue weighted by molar-refractivity contribution is 5.75. The maximum Gasteiger partial charge on any atom is 0.309 e. The first-order valence-corrected chi connectivity index (χ1v) is 6.38. The standard InChI is InChI=1S/C15H20O5/c1-15(2,14(18)19)12(8-9-13(16)17)10-4-6-11(20-3)7-5-10/h4-7,12H,8-9H2,1-3H3,(H,16,17)(H,18,19)/t12-/m1/s1. The number of benzene rings is 1. The third kappa shape index (κ3) is 3.73. The fourth-order valence-electron chi connectivity index (χ4n) is 2.20. The zero-order valence-electron chi connectivity index (χ0n) is 11.9. The first-order chi connectivity index (χ1) is 9.28. The number of rotatable bonds is 7. The third-order valence-electron chi connectivity index (χ3n) is 3.59. The Hall–Kier alpha value is -2.04. The summed E-state index contributed by atoms with van der Waals surface area (Å²) in [5.74, 6) is -1.56. The van der Waals surface area contributed by atoms with Crippen molar-refractivity contribution in [1.82, 2.24) is 0 Å². The minimum atomic E-state index is -1.04. The van der Waals surface area contributed by atoms with Gasteiger partial charge in [-0.05, 0) is 38.0 Å². The van der Waals surface area contributed by atoms with Crippen LogP contribution in [0, 0.1) is 5.41 Å². The number of carboxylic acid groups (broad SMARTS) is 2. The zero-order valence-corrected chi connectivity index (χ0v) is 11.9. The summed E-state index contributed by atoms with van der Waals surface area (Å²) < 4.78 is 5.07. The Labute approximate surface area is 118 Å². The van der Waals surface area contributed by atoms with E-state index in [1.165, 1.54) is 0 Å². The molecule has 0 aliphatic heterocycles. The molecule has 2 N–H and O–H groups in total. The van der Waals surface area contributed by atoms with Crippen LogP contribution in [0.1, 0.15) is 38.2 Å². The van der Waals surface area contributed by atoms with Crippen molar-refractivity contribution >= 4 is 11.9 Å². The van der Waals surface area contributed by atoms with Crippen LogP contribution in [-0.2, 0) is 9.59 Å². The first kappa shape index (κ1) is 16.0. The number of aliphatic carboxylic acids is 2. The van der Waals surface area contributed by atoms with Crippen molar-refractivity contribution in [2.45, 2.75) is 32.6 Å². The van der Waals surface area contributed by atoms with Gasteiger partial charge in [-0.1, -0.05) is 12.1 Å². The summed E-state index contributed by atoms with van der Waals surface area (Å²) in [5.41, 5.74) is -0.233. The molecule has 20 heavy (non-hydrogen) atoms. The van der Waals surface area contributed by atoms with Crippen molar-refractivity contribution in [1.29, 1.82) is 0 Å². The predicted molar refractivity (Wildman–Crippen MR) is 74.0 cm³/mol. The number of hydrogen-bond donors (Lipinski definition) is 2. The molecular weight excluding hydrogens is 260 g/mol. The lowest BCUT2D eigenvalue weighted by Gasteiger charge is -2.30. The number of carbonyl (C=O) groups is 2. The van der Waals surface area contributed by atoms with Crippen molar-refractivity contribution in [2.24, 2.45) is 5.41 Å². The van der Waals surface area contributed by atoms with Crippen LogP contribution >= 0.6 is 0 Å². The van der Waals surface area contributed by atoms with Crippen LogP contribution in [0.4, 0.5) is 0 Å². The Morgan fingerprint density at radius 1 is 1.20 bits per heavy atom. The smallest absolute Gasteiger partial charge is 0.309 e. The summed E-state index contributed by atoms with van der Waals surface area (Å²) in [6, 6.07) is 7.08. The molecule has 0 unspecified atom stereocenters. The molecule has 110 valence electrons. The maximum absolute atomic E-state index is 11.4. The molecule has 0 bridgehead atoms. The quantitative estimate of drug-likeness (QED) is 0.802. The predicted octanol–water partition coefficient (Wildman–Crippen LogP) is 2.75. The zero-order chi connectivity index (χ0) is 15.3. The molecule has 0 amide bonds. The van der Waals surface area contributed by atoms with E-state index in [2.05, 4.69) is 0 Å². The van der Waals surface area contributed by atoms with Gasteiger partial charge < -0.3 is 14.9 Å². The lowest BCUT2D eigenvalue weighted by molar-refractivity contribution is -0.149. The highest BCUT2D eigenvalue weighted by atomic mass is 16.5. The van der Waals surface area contributed by atoms with Gasteiger partial charge in [-0.2, -0.15) is 0 Å². The minimum absolute atomic E-state index is 0.0621. The minimum Gasteiger partial charge on any atom is -0.497 e. The van der Waals surface area contributed by atoms with Crippen LogP contribution < -0.4 is 4.74 Å². The van der Waals surface area contributed by atoms with Crippen molar-refractivity contribution in [3.63, 3.8) is 0 Å². The number of ether oxygens (including phenoxy) is 1. The Bertz CT molecular complexity index is 476. The number of carboxylic acids is 2. The van der Waals surface area contributed by atoms with Crippen molar-refractivity contribution in [3.8, 4) is 5.75 Å². The topological polar surface area (TPSA) is 83.8 Å². The fourth-order valence-corrected chi connectivity index (χ4v) is 2.20. The Kier molecular flexibility index (Phi) is 5.13. The van der Waals surface area contributed by atoms with Crippen LogP contribution in [0.25, 0.3) is 0 Å². The molecule has 0 fully saturated rings.